The molecule has 1 atom stereocenters. The summed E-state index contributed by atoms with van der Waals surface area (Å²) in [5.74, 6) is 0.293. The summed E-state index contributed by atoms with van der Waals surface area (Å²) in [5.41, 5.74) is 1.28. The zero-order valence-corrected chi connectivity index (χ0v) is 19.2. The first-order valence-electron chi connectivity index (χ1n) is 9.47. The molecule has 0 saturated carbocycles. The van der Waals surface area contributed by atoms with Crippen molar-refractivity contribution in [1.29, 1.82) is 0 Å². The smallest absolute Gasteiger partial charge is 0.264 e. The van der Waals surface area contributed by atoms with Crippen LogP contribution >= 0.6 is 11.6 Å². The molecule has 31 heavy (non-hydrogen) atoms. The van der Waals surface area contributed by atoms with E-state index in [1.807, 2.05) is 0 Å². The van der Waals surface area contributed by atoms with Gasteiger partial charge in [0.05, 0.1) is 30.8 Å². The lowest BCUT2D eigenvalue weighted by atomic mass is 10.1. The highest BCUT2D eigenvalue weighted by atomic mass is 35.5. The zero-order chi connectivity index (χ0) is 22.8. The fourth-order valence-electron chi connectivity index (χ4n) is 3.32. The van der Waals surface area contributed by atoms with Gasteiger partial charge in [-0.3, -0.25) is 4.31 Å². The standard InChI is InChI=1S/C23H23ClFNO4S/c1-15-9-11-18(14-20(15)24)31(27,28)26(16(2)19-7-5-6-8-21(19)25)17-10-12-22(29-3)23(13-17)30-4/h5-14,16H,1-4H3/t16-/m1/s1. The minimum atomic E-state index is -4.12. The molecule has 0 aliphatic rings. The molecule has 0 aromatic heterocycles. The molecule has 0 aliphatic carbocycles. The predicted molar refractivity (Wildman–Crippen MR) is 120 cm³/mol. The third-order valence-electron chi connectivity index (χ3n) is 5.03. The molecule has 164 valence electrons. The Hall–Kier alpha value is -2.77. The number of rotatable bonds is 7. The second-order valence-electron chi connectivity index (χ2n) is 6.95. The van der Waals surface area contributed by atoms with Gasteiger partial charge in [0.2, 0.25) is 0 Å². The summed E-state index contributed by atoms with van der Waals surface area (Å²) in [6, 6.07) is 14.5. The molecule has 0 saturated heterocycles. The minimum absolute atomic E-state index is 0.000995. The van der Waals surface area contributed by atoms with Crippen molar-refractivity contribution in [2.75, 3.05) is 18.5 Å². The van der Waals surface area contributed by atoms with E-state index in [9.17, 15) is 12.8 Å². The molecule has 0 heterocycles. The van der Waals surface area contributed by atoms with Crippen LogP contribution in [0, 0.1) is 12.7 Å². The Morgan fingerprint density at radius 1 is 0.968 bits per heavy atom. The first kappa shape index (κ1) is 22.9. The molecule has 0 bridgehead atoms. The van der Waals surface area contributed by atoms with Crippen LogP contribution in [-0.2, 0) is 10.0 Å². The van der Waals surface area contributed by atoms with Gasteiger partial charge in [-0.05, 0) is 49.7 Å². The fraction of sp³-hybridized carbons (Fsp3) is 0.217. The fourth-order valence-corrected chi connectivity index (χ4v) is 5.22. The van der Waals surface area contributed by atoms with Gasteiger partial charge in [0, 0.05) is 16.7 Å². The molecule has 0 amide bonds. The first-order valence-corrected chi connectivity index (χ1v) is 11.3. The van der Waals surface area contributed by atoms with Crippen molar-refractivity contribution in [2.45, 2.75) is 24.8 Å². The number of halogens is 2. The van der Waals surface area contributed by atoms with Gasteiger partial charge in [-0.1, -0.05) is 35.9 Å². The van der Waals surface area contributed by atoms with Crippen LogP contribution in [0.2, 0.25) is 5.02 Å². The topological polar surface area (TPSA) is 55.8 Å². The van der Waals surface area contributed by atoms with Crippen LogP contribution in [0.5, 0.6) is 11.5 Å². The monoisotopic (exact) mass is 463 g/mol. The Bertz CT molecular complexity index is 1200. The highest BCUT2D eigenvalue weighted by Crippen LogP contribution is 2.39. The molecule has 0 unspecified atom stereocenters. The maximum Gasteiger partial charge on any atom is 0.264 e. The molecule has 0 radical (unpaired) electrons. The van der Waals surface area contributed by atoms with E-state index >= 15 is 0 Å². The van der Waals surface area contributed by atoms with Crippen molar-refractivity contribution >= 4 is 27.3 Å². The van der Waals surface area contributed by atoms with E-state index < -0.39 is 21.9 Å². The molecule has 0 aliphatic heterocycles. The number of hydrogen-bond acceptors (Lipinski definition) is 4. The molecular weight excluding hydrogens is 441 g/mol. The number of hydrogen-bond donors (Lipinski definition) is 0. The number of nitrogens with zero attached hydrogens (tertiary/aromatic N) is 1. The van der Waals surface area contributed by atoms with Crippen molar-refractivity contribution < 1.29 is 22.3 Å². The molecule has 3 rings (SSSR count). The van der Waals surface area contributed by atoms with E-state index in [1.165, 1.54) is 32.4 Å². The van der Waals surface area contributed by atoms with E-state index in [1.54, 1.807) is 56.3 Å². The summed E-state index contributed by atoms with van der Waals surface area (Å²) in [6.45, 7) is 3.41. The zero-order valence-electron chi connectivity index (χ0n) is 17.6. The molecule has 3 aromatic carbocycles. The third kappa shape index (κ3) is 4.48. The van der Waals surface area contributed by atoms with Crippen LogP contribution in [0.3, 0.4) is 0 Å². The summed E-state index contributed by atoms with van der Waals surface area (Å²) >= 11 is 6.20. The SMILES string of the molecule is COc1ccc(N([C@H](C)c2ccccc2F)S(=O)(=O)c2ccc(C)c(Cl)c2)cc1OC. The van der Waals surface area contributed by atoms with Crippen molar-refractivity contribution in [2.24, 2.45) is 0 Å². The van der Waals surface area contributed by atoms with Gasteiger partial charge in [0.15, 0.2) is 11.5 Å². The number of methoxy groups -OCH3 is 2. The quantitative estimate of drug-likeness (QED) is 0.447. The van der Waals surface area contributed by atoms with Gasteiger partial charge < -0.3 is 9.47 Å². The summed E-state index contributed by atoms with van der Waals surface area (Å²) in [6.07, 6.45) is 0. The summed E-state index contributed by atoms with van der Waals surface area (Å²) in [7, 11) is -1.17. The van der Waals surface area contributed by atoms with Gasteiger partial charge in [-0.15, -0.1) is 0 Å². The molecular formula is C23H23ClFNO4S. The number of anilines is 1. The van der Waals surface area contributed by atoms with Gasteiger partial charge in [0.25, 0.3) is 10.0 Å². The maximum atomic E-state index is 14.6. The Labute approximate surface area is 187 Å². The predicted octanol–water partition coefficient (Wildman–Crippen LogP) is 5.76. The molecule has 0 N–H and O–H groups in total. The Morgan fingerprint density at radius 2 is 1.65 bits per heavy atom. The number of ether oxygens (including phenoxy) is 2. The summed E-state index contributed by atoms with van der Waals surface area (Å²) < 4.78 is 53.9. The van der Waals surface area contributed by atoms with E-state index in [0.717, 1.165) is 9.87 Å². The third-order valence-corrected chi connectivity index (χ3v) is 7.33. The van der Waals surface area contributed by atoms with Crippen molar-refractivity contribution in [3.8, 4) is 11.5 Å². The van der Waals surface area contributed by atoms with Gasteiger partial charge in [0.1, 0.15) is 5.82 Å². The lowest BCUT2D eigenvalue weighted by Gasteiger charge is -2.31. The van der Waals surface area contributed by atoms with Crippen LogP contribution < -0.4 is 13.8 Å². The second kappa shape index (κ2) is 9.16. The van der Waals surface area contributed by atoms with E-state index in [4.69, 9.17) is 21.1 Å². The highest BCUT2D eigenvalue weighted by Gasteiger charge is 2.32. The Balaban J connectivity index is 2.24. The summed E-state index contributed by atoms with van der Waals surface area (Å²) in [5, 5.41) is 0.326. The maximum absolute atomic E-state index is 14.6. The van der Waals surface area contributed by atoms with Crippen LogP contribution in [0.25, 0.3) is 0 Å². The average molecular weight is 464 g/mol. The van der Waals surface area contributed by atoms with Crippen molar-refractivity contribution in [1.82, 2.24) is 0 Å². The highest BCUT2D eigenvalue weighted by molar-refractivity contribution is 7.92. The Kier molecular flexibility index (Phi) is 6.77. The second-order valence-corrected chi connectivity index (χ2v) is 9.17. The minimum Gasteiger partial charge on any atom is -0.493 e. The molecule has 0 spiro atoms. The molecule has 0 fully saturated rings. The molecule has 8 heteroatoms. The van der Waals surface area contributed by atoms with Crippen LogP contribution in [-0.4, -0.2) is 22.6 Å². The van der Waals surface area contributed by atoms with E-state index in [0.29, 0.717) is 22.2 Å². The van der Waals surface area contributed by atoms with Crippen LogP contribution in [0.4, 0.5) is 10.1 Å². The number of sulfonamides is 1. The number of aryl methyl sites for hydroxylation is 1. The molecule has 5 nitrogen and oxygen atoms in total. The van der Waals surface area contributed by atoms with Crippen molar-refractivity contribution in [3.05, 3.63) is 82.6 Å². The van der Waals surface area contributed by atoms with E-state index in [2.05, 4.69) is 0 Å². The molecule has 3 aromatic rings. The average Bonchev–Trinajstić information content (AvgIpc) is 2.75. The van der Waals surface area contributed by atoms with Crippen LogP contribution in [0.1, 0.15) is 24.1 Å². The van der Waals surface area contributed by atoms with Gasteiger partial charge in [-0.25, -0.2) is 12.8 Å². The van der Waals surface area contributed by atoms with Gasteiger partial charge >= 0.3 is 0 Å². The number of benzene rings is 3. The van der Waals surface area contributed by atoms with Gasteiger partial charge in [-0.2, -0.15) is 0 Å². The lowest BCUT2D eigenvalue weighted by Crippen LogP contribution is -2.34. The van der Waals surface area contributed by atoms with E-state index in [-0.39, 0.29) is 10.5 Å². The van der Waals surface area contributed by atoms with Crippen LogP contribution in [0.15, 0.2) is 65.6 Å². The first-order chi connectivity index (χ1) is 14.7. The Morgan fingerprint density at radius 3 is 2.26 bits per heavy atom. The van der Waals surface area contributed by atoms with Crippen molar-refractivity contribution in [3.63, 3.8) is 0 Å². The summed E-state index contributed by atoms with van der Waals surface area (Å²) in [4.78, 5) is 0.000995. The largest absolute Gasteiger partial charge is 0.493 e. The lowest BCUT2D eigenvalue weighted by molar-refractivity contribution is 0.355. The normalized spacial score (nSPS) is 12.3.